The number of aromatic nitrogens is 3. The summed E-state index contributed by atoms with van der Waals surface area (Å²) in [6.07, 6.45) is 7.35. The molecular weight excluding hydrogens is 302 g/mol. The quantitative estimate of drug-likeness (QED) is 0.843. The van der Waals surface area contributed by atoms with Crippen LogP contribution in [-0.2, 0) is 13.1 Å². The van der Waals surface area contributed by atoms with Gasteiger partial charge in [0.2, 0.25) is 0 Å². The van der Waals surface area contributed by atoms with Gasteiger partial charge >= 0.3 is 0 Å². The van der Waals surface area contributed by atoms with Crippen LogP contribution in [0.4, 0.5) is 0 Å². The second kappa shape index (κ2) is 8.06. The van der Waals surface area contributed by atoms with Crippen LogP contribution in [0.25, 0.3) is 0 Å². The summed E-state index contributed by atoms with van der Waals surface area (Å²) in [5.74, 6) is 0.103. The largest absolute Gasteiger partial charge is 0.336 e. The second-order valence-electron chi connectivity index (χ2n) is 6.22. The molecule has 0 N–H and O–H groups in total. The van der Waals surface area contributed by atoms with E-state index in [1.807, 2.05) is 28.0 Å². The molecule has 0 spiro atoms. The summed E-state index contributed by atoms with van der Waals surface area (Å²) in [7, 11) is 0. The van der Waals surface area contributed by atoms with Gasteiger partial charge in [0.05, 0.1) is 0 Å². The minimum absolute atomic E-state index is 0.103. The Labute approximate surface area is 143 Å². The molecule has 0 atom stereocenters. The molecule has 6 heteroatoms. The van der Waals surface area contributed by atoms with Crippen molar-refractivity contribution in [3.63, 3.8) is 0 Å². The fraction of sp³-hybridized carbons (Fsp3) is 0.500. The lowest BCUT2D eigenvalue weighted by Gasteiger charge is -2.22. The van der Waals surface area contributed by atoms with E-state index in [0.29, 0.717) is 5.69 Å². The third-order valence-electron chi connectivity index (χ3n) is 4.40. The van der Waals surface area contributed by atoms with Crippen LogP contribution in [0.5, 0.6) is 0 Å². The van der Waals surface area contributed by atoms with Crippen molar-refractivity contribution < 1.29 is 4.79 Å². The smallest absolute Gasteiger partial charge is 0.272 e. The van der Waals surface area contributed by atoms with Crippen LogP contribution in [-0.4, -0.2) is 56.7 Å². The van der Waals surface area contributed by atoms with Crippen molar-refractivity contribution in [3.8, 4) is 0 Å². The van der Waals surface area contributed by atoms with E-state index in [4.69, 9.17) is 0 Å². The lowest BCUT2D eigenvalue weighted by Crippen LogP contribution is -2.36. The van der Waals surface area contributed by atoms with Gasteiger partial charge in [-0.25, -0.2) is 0 Å². The molecule has 2 aromatic heterocycles. The average Bonchev–Trinajstić information content (AvgIpc) is 2.94. The van der Waals surface area contributed by atoms with Crippen LogP contribution >= 0.6 is 0 Å². The number of hydrogen-bond acceptors (Lipinski definition) is 4. The molecule has 0 saturated carbocycles. The summed E-state index contributed by atoms with van der Waals surface area (Å²) in [4.78, 5) is 21.3. The Balaban J connectivity index is 1.60. The van der Waals surface area contributed by atoms with Gasteiger partial charge in [0, 0.05) is 57.9 Å². The molecule has 1 saturated heterocycles. The topological polar surface area (TPSA) is 54.3 Å². The van der Waals surface area contributed by atoms with E-state index in [2.05, 4.69) is 34.0 Å². The zero-order valence-electron chi connectivity index (χ0n) is 14.3. The summed E-state index contributed by atoms with van der Waals surface area (Å²) in [6, 6.07) is 5.94. The average molecular weight is 327 g/mol. The van der Waals surface area contributed by atoms with E-state index in [1.54, 1.807) is 6.20 Å². The molecule has 1 fully saturated rings. The SMILES string of the molecule is CCCn1nccc1C(=O)N1CCCN(Cc2ccncc2)CC1. The van der Waals surface area contributed by atoms with Crippen LogP contribution in [0.2, 0.25) is 0 Å². The van der Waals surface area contributed by atoms with Gasteiger partial charge in [-0.05, 0) is 36.6 Å². The van der Waals surface area contributed by atoms with Crippen molar-refractivity contribution >= 4 is 5.91 Å². The Kier molecular flexibility index (Phi) is 5.59. The molecule has 24 heavy (non-hydrogen) atoms. The molecule has 1 amide bonds. The summed E-state index contributed by atoms with van der Waals surface area (Å²) < 4.78 is 1.82. The molecule has 2 aromatic rings. The zero-order valence-corrected chi connectivity index (χ0v) is 14.3. The first kappa shape index (κ1) is 16.6. The maximum absolute atomic E-state index is 12.8. The Morgan fingerprint density at radius 1 is 1.08 bits per heavy atom. The summed E-state index contributed by atoms with van der Waals surface area (Å²) in [5.41, 5.74) is 1.98. The minimum Gasteiger partial charge on any atom is -0.336 e. The first-order chi connectivity index (χ1) is 11.8. The number of amides is 1. The Hall–Kier alpha value is -2.21. The van der Waals surface area contributed by atoms with Crippen molar-refractivity contribution in [1.82, 2.24) is 24.6 Å². The monoisotopic (exact) mass is 327 g/mol. The highest BCUT2D eigenvalue weighted by Crippen LogP contribution is 2.12. The number of rotatable bonds is 5. The molecule has 0 unspecified atom stereocenters. The zero-order chi connectivity index (χ0) is 16.8. The number of carbonyl (C=O) groups is 1. The maximum Gasteiger partial charge on any atom is 0.272 e. The summed E-state index contributed by atoms with van der Waals surface area (Å²) in [5, 5.41) is 4.27. The minimum atomic E-state index is 0.103. The van der Waals surface area contributed by atoms with E-state index in [0.717, 1.165) is 52.1 Å². The molecule has 128 valence electrons. The predicted octanol–water partition coefficient (Wildman–Crippen LogP) is 2.04. The molecule has 1 aliphatic heterocycles. The van der Waals surface area contributed by atoms with E-state index < -0.39 is 0 Å². The number of hydrogen-bond donors (Lipinski definition) is 0. The van der Waals surface area contributed by atoms with Gasteiger partial charge in [0.15, 0.2) is 0 Å². The van der Waals surface area contributed by atoms with Gasteiger partial charge in [-0.2, -0.15) is 5.10 Å². The van der Waals surface area contributed by atoms with E-state index >= 15 is 0 Å². The predicted molar refractivity (Wildman–Crippen MR) is 92.6 cm³/mol. The molecule has 0 bridgehead atoms. The van der Waals surface area contributed by atoms with Crippen molar-refractivity contribution in [1.29, 1.82) is 0 Å². The van der Waals surface area contributed by atoms with Crippen molar-refractivity contribution in [2.24, 2.45) is 0 Å². The van der Waals surface area contributed by atoms with E-state index in [-0.39, 0.29) is 5.91 Å². The summed E-state index contributed by atoms with van der Waals surface area (Å²) >= 11 is 0. The van der Waals surface area contributed by atoms with Crippen LogP contribution in [0.3, 0.4) is 0 Å². The van der Waals surface area contributed by atoms with Crippen molar-refractivity contribution in [3.05, 3.63) is 48.0 Å². The molecule has 6 nitrogen and oxygen atoms in total. The third-order valence-corrected chi connectivity index (χ3v) is 4.40. The normalized spacial score (nSPS) is 16.1. The van der Waals surface area contributed by atoms with Gasteiger partial charge in [-0.15, -0.1) is 0 Å². The number of pyridine rings is 1. The Morgan fingerprint density at radius 2 is 1.92 bits per heavy atom. The molecule has 0 aromatic carbocycles. The lowest BCUT2D eigenvalue weighted by atomic mass is 10.2. The molecule has 0 radical (unpaired) electrons. The number of aryl methyl sites for hydroxylation is 1. The fourth-order valence-corrected chi connectivity index (χ4v) is 3.14. The first-order valence-corrected chi connectivity index (χ1v) is 8.70. The molecule has 0 aliphatic carbocycles. The lowest BCUT2D eigenvalue weighted by molar-refractivity contribution is 0.0748. The van der Waals surface area contributed by atoms with Crippen LogP contribution in [0, 0.1) is 0 Å². The standard InChI is InChI=1S/C18H25N5O/c1-2-10-23-17(6-9-20-23)18(24)22-12-3-11-21(13-14-22)15-16-4-7-19-8-5-16/h4-9H,2-3,10-15H2,1H3. The second-order valence-corrected chi connectivity index (χ2v) is 6.22. The van der Waals surface area contributed by atoms with E-state index in [1.165, 1.54) is 5.56 Å². The highest BCUT2D eigenvalue weighted by Gasteiger charge is 2.22. The highest BCUT2D eigenvalue weighted by molar-refractivity contribution is 5.92. The Morgan fingerprint density at radius 3 is 2.71 bits per heavy atom. The third kappa shape index (κ3) is 4.00. The highest BCUT2D eigenvalue weighted by atomic mass is 16.2. The summed E-state index contributed by atoms with van der Waals surface area (Å²) in [6.45, 7) is 7.29. The fourth-order valence-electron chi connectivity index (χ4n) is 3.14. The Bertz CT molecular complexity index is 654. The van der Waals surface area contributed by atoms with Crippen LogP contribution in [0.1, 0.15) is 35.8 Å². The molecular formula is C18H25N5O. The van der Waals surface area contributed by atoms with Crippen molar-refractivity contribution in [2.75, 3.05) is 26.2 Å². The van der Waals surface area contributed by atoms with Gasteiger partial charge in [-0.3, -0.25) is 19.4 Å². The first-order valence-electron chi connectivity index (χ1n) is 8.70. The molecule has 1 aliphatic rings. The molecule has 3 heterocycles. The molecule has 3 rings (SSSR count). The number of nitrogens with zero attached hydrogens (tertiary/aromatic N) is 5. The number of carbonyl (C=O) groups excluding carboxylic acids is 1. The maximum atomic E-state index is 12.8. The van der Waals surface area contributed by atoms with Gasteiger partial charge < -0.3 is 4.90 Å². The van der Waals surface area contributed by atoms with E-state index in [9.17, 15) is 4.79 Å². The van der Waals surface area contributed by atoms with Crippen molar-refractivity contribution in [2.45, 2.75) is 32.9 Å². The van der Waals surface area contributed by atoms with Crippen LogP contribution in [0.15, 0.2) is 36.8 Å². The van der Waals surface area contributed by atoms with Gasteiger partial charge in [-0.1, -0.05) is 6.92 Å². The van der Waals surface area contributed by atoms with Gasteiger partial charge in [0.1, 0.15) is 5.69 Å². The van der Waals surface area contributed by atoms with Gasteiger partial charge in [0.25, 0.3) is 5.91 Å². The van der Waals surface area contributed by atoms with Crippen LogP contribution < -0.4 is 0 Å².